The van der Waals surface area contributed by atoms with Gasteiger partial charge in [0.05, 0.1) is 6.54 Å². The van der Waals surface area contributed by atoms with E-state index in [0.29, 0.717) is 6.54 Å². The molecule has 1 fully saturated rings. The summed E-state index contributed by atoms with van der Waals surface area (Å²) in [6.07, 6.45) is 7.09. The molecule has 5 nitrogen and oxygen atoms in total. The van der Waals surface area contributed by atoms with Crippen molar-refractivity contribution in [1.82, 2.24) is 10.2 Å². The van der Waals surface area contributed by atoms with Gasteiger partial charge in [-0.25, -0.2) is 0 Å². The third-order valence-electron chi connectivity index (χ3n) is 3.81. The van der Waals surface area contributed by atoms with Crippen LogP contribution in [-0.4, -0.2) is 41.0 Å². The molecule has 0 aliphatic heterocycles. The Bertz CT molecular complexity index is 388. The molecule has 1 atom stereocenters. The third-order valence-corrected chi connectivity index (χ3v) is 3.81. The molecule has 5 heteroatoms. The van der Waals surface area contributed by atoms with Gasteiger partial charge < -0.3 is 10.0 Å². The van der Waals surface area contributed by atoms with Crippen LogP contribution in [0.15, 0.2) is 11.8 Å². The third kappa shape index (κ3) is 3.56. The van der Waals surface area contributed by atoms with Gasteiger partial charge in [-0.1, -0.05) is 6.08 Å². The van der Waals surface area contributed by atoms with Gasteiger partial charge in [0.25, 0.3) is 0 Å². The van der Waals surface area contributed by atoms with Crippen LogP contribution < -0.4 is 5.32 Å². The van der Waals surface area contributed by atoms with Gasteiger partial charge >= 0.3 is 5.97 Å². The van der Waals surface area contributed by atoms with E-state index in [0.717, 1.165) is 37.8 Å². The van der Waals surface area contributed by atoms with Crippen LogP contribution in [0.2, 0.25) is 0 Å². The van der Waals surface area contributed by atoms with E-state index in [4.69, 9.17) is 5.11 Å². The summed E-state index contributed by atoms with van der Waals surface area (Å²) >= 11 is 0. The van der Waals surface area contributed by atoms with E-state index in [2.05, 4.69) is 11.4 Å². The van der Waals surface area contributed by atoms with Crippen molar-refractivity contribution >= 4 is 11.9 Å². The maximum atomic E-state index is 12.2. The van der Waals surface area contributed by atoms with Crippen LogP contribution in [0.5, 0.6) is 0 Å². The minimum Gasteiger partial charge on any atom is -0.480 e. The van der Waals surface area contributed by atoms with E-state index in [1.807, 2.05) is 6.92 Å². The van der Waals surface area contributed by atoms with Crippen LogP contribution in [0.25, 0.3) is 0 Å². The van der Waals surface area contributed by atoms with Crippen LogP contribution in [0, 0.1) is 5.92 Å². The zero-order chi connectivity index (χ0) is 13.8. The molecule has 1 amide bonds. The van der Waals surface area contributed by atoms with Gasteiger partial charge in [0, 0.05) is 12.2 Å². The van der Waals surface area contributed by atoms with Gasteiger partial charge in [-0.05, 0) is 44.9 Å². The monoisotopic (exact) mass is 266 g/mol. The van der Waals surface area contributed by atoms with Crippen molar-refractivity contribution in [3.63, 3.8) is 0 Å². The van der Waals surface area contributed by atoms with Crippen molar-refractivity contribution in [2.24, 2.45) is 5.92 Å². The first-order valence-electron chi connectivity index (χ1n) is 7.09. The number of amides is 1. The van der Waals surface area contributed by atoms with Crippen LogP contribution in [0.4, 0.5) is 0 Å². The fraction of sp³-hybridized carbons (Fsp3) is 0.714. The first-order chi connectivity index (χ1) is 9.13. The molecular weight excluding hydrogens is 244 g/mol. The molecule has 0 aromatic carbocycles. The molecule has 1 saturated carbocycles. The summed E-state index contributed by atoms with van der Waals surface area (Å²) in [5.74, 6) is -0.674. The molecular formula is C14H22N2O3. The van der Waals surface area contributed by atoms with Gasteiger partial charge in [-0.15, -0.1) is 0 Å². The number of carboxylic acids is 1. The average Bonchev–Trinajstić information content (AvgIpc) is 3.06. The maximum absolute atomic E-state index is 12.2. The smallest absolute Gasteiger partial charge is 0.320 e. The molecule has 2 rings (SSSR count). The largest absolute Gasteiger partial charge is 0.480 e. The molecule has 19 heavy (non-hydrogen) atoms. The number of carbonyl (C=O) groups is 2. The Morgan fingerprint density at radius 2 is 2.26 bits per heavy atom. The van der Waals surface area contributed by atoms with Crippen LogP contribution in [0.3, 0.4) is 0 Å². The molecule has 0 aromatic rings. The topological polar surface area (TPSA) is 69.6 Å². The standard InChI is InChI=1S/C14H22N2O3/c1-2-16(11-5-3-4-6-11)12(17)9-15-13(14(18)19)10-7-8-10/h5,10,13,15H,2-4,6-9H2,1H3,(H,18,19). The highest BCUT2D eigenvalue weighted by Crippen LogP contribution is 2.32. The lowest BCUT2D eigenvalue weighted by atomic mass is 10.2. The zero-order valence-corrected chi connectivity index (χ0v) is 11.4. The van der Waals surface area contributed by atoms with E-state index in [1.165, 1.54) is 0 Å². The second-order valence-corrected chi connectivity index (χ2v) is 5.26. The number of hydrogen-bond donors (Lipinski definition) is 2. The maximum Gasteiger partial charge on any atom is 0.320 e. The normalized spacial score (nSPS) is 19.9. The first-order valence-corrected chi connectivity index (χ1v) is 7.09. The predicted octanol–water partition coefficient (Wildman–Crippen LogP) is 1.36. The lowest BCUT2D eigenvalue weighted by Gasteiger charge is -2.23. The highest BCUT2D eigenvalue weighted by molar-refractivity contribution is 5.81. The first kappa shape index (κ1) is 14.1. The van der Waals surface area contributed by atoms with Crippen molar-refractivity contribution in [2.75, 3.05) is 13.1 Å². The highest BCUT2D eigenvalue weighted by Gasteiger charge is 2.36. The van der Waals surface area contributed by atoms with Crippen molar-refractivity contribution in [2.45, 2.75) is 45.1 Å². The Kier molecular flexibility index (Phi) is 4.58. The summed E-state index contributed by atoms with van der Waals surface area (Å²) in [6.45, 7) is 2.71. The molecule has 0 heterocycles. The van der Waals surface area contributed by atoms with Crippen LogP contribution >= 0.6 is 0 Å². The molecule has 0 radical (unpaired) electrons. The lowest BCUT2D eigenvalue weighted by Crippen LogP contribution is -2.45. The molecule has 0 spiro atoms. The van der Waals surface area contributed by atoms with Crippen molar-refractivity contribution in [3.05, 3.63) is 11.8 Å². The van der Waals surface area contributed by atoms with Gasteiger partial charge in [0.2, 0.25) is 5.91 Å². The Morgan fingerprint density at radius 1 is 1.53 bits per heavy atom. The quantitative estimate of drug-likeness (QED) is 0.730. The summed E-state index contributed by atoms with van der Waals surface area (Å²) in [4.78, 5) is 25.0. The number of carbonyl (C=O) groups excluding carboxylic acids is 1. The molecule has 2 N–H and O–H groups in total. The van der Waals surface area contributed by atoms with Crippen LogP contribution in [-0.2, 0) is 9.59 Å². The van der Waals surface area contributed by atoms with Crippen molar-refractivity contribution < 1.29 is 14.7 Å². The van der Waals surface area contributed by atoms with E-state index in [-0.39, 0.29) is 18.4 Å². The predicted molar refractivity (Wildman–Crippen MR) is 71.5 cm³/mol. The molecule has 1 unspecified atom stereocenters. The second-order valence-electron chi connectivity index (χ2n) is 5.26. The Balaban J connectivity index is 1.86. The van der Waals surface area contributed by atoms with E-state index < -0.39 is 12.0 Å². The van der Waals surface area contributed by atoms with E-state index >= 15 is 0 Å². The lowest BCUT2D eigenvalue weighted by molar-refractivity contribution is -0.140. The Hall–Kier alpha value is -1.36. The number of rotatable bonds is 7. The van der Waals surface area contributed by atoms with E-state index in [9.17, 15) is 9.59 Å². The molecule has 2 aliphatic carbocycles. The van der Waals surface area contributed by atoms with E-state index in [1.54, 1.807) is 4.90 Å². The Morgan fingerprint density at radius 3 is 2.74 bits per heavy atom. The number of hydrogen-bond acceptors (Lipinski definition) is 3. The second kappa shape index (κ2) is 6.19. The molecule has 0 saturated heterocycles. The van der Waals surface area contributed by atoms with Crippen molar-refractivity contribution in [3.8, 4) is 0 Å². The van der Waals surface area contributed by atoms with Gasteiger partial charge in [0.1, 0.15) is 6.04 Å². The zero-order valence-electron chi connectivity index (χ0n) is 11.4. The molecule has 106 valence electrons. The van der Waals surface area contributed by atoms with Gasteiger partial charge in [-0.2, -0.15) is 0 Å². The fourth-order valence-corrected chi connectivity index (χ4v) is 2.62. The number of aliphatic carboxylic acids is 1. The molecule has 0 bridgehead atoms. The SMILES string of the molecule is CCN(C(=O)CNC(C(=O)O)C1CC1)C1=CCCC1. The average molecular weight is 266 g/mol. The number of carboxylic acid groups (broad SMARTS) is 1. The molecule has 2 aliphatic rings. The summed E-state index contributed by atoms with van der Waals surface area (Å²) in [5, 5.41) is 12.0. The minimum atomic E-state index is -0.849. The summed E-state index contributed by atoms with van der Waals surface area (Å²) in [6, 6.07) is -0.569. The van der Waals surface area contributed by atoms with Gasteiger partial charge in [-0.3, -0.25) is 14.9 Å². The minimum absolute atomic E-state index is 0.0254. The Labute approximate surface area is 113 Å². The number of nitrogens with zero attached hydrogens (tertiary/aromatic N) is 1. The highest BCUT2D eigenvalue weighted by atomic mass is 16.4. The number of allylic oxidation sites excluding steroid dienone is 2. The summed E-state index contributed by atoms with van der Waals surface area (Å²) in [5.41, 5.74) is 1.09. The van der Waals surface area contributed by atoms with Gasteiger partial charge in [0.15, 0.2) is 0 Å². The molecule has 0 aromatic heterocycles. The number of likely N-dealkylation sites (N-methyl/N-ethyl adjacent to an activating group) is 1. The fourth-order valence-electron chi connectivity index (χ4n) is 2.62. The van der Waals surface area contributed by atoms with Crippen LogP contribution in [0.1, 0.15) is 39.0 Å². The van der Waals surface area contributed by atoms with Crippen molar-refractivity contribution in [1.29, 1.82) is 0 Å². The summed E-state index contributed by atoms with van der Waals surface area (Å²) < 4.78 is 0. The summed E-state index contributed by atoms with van der Waals surface area (Å²) in [7, 11) is 0. The number of nitrogens with one attached hydrogen (secondary N) is 1.